The fraction of sp³-hybridized carbons (Fsp3) is 1.00. The number of nitrogens with one attached hydrogen (secondary N) is 1. The maximum atomic E-state index is 3.56. The molecule has 1 aliphatic carbocycles. The Kier molecular flexibility index (Phi) is 3.60. The van der Waals surface area contributed by atoms with E-state index < -0.39 is 0 Å². The van der Waals surface area contributed by atoms with E-state index in [9.17, 15) is 0 Å². The average molecular weight is 224 g/mol. The smallest absolute Gasteiger partial charge is 0.0156 e. The van der Waals surface area contributed by atoms with Gasteiger partial charge in [0, 0.05) is 19.1 Å². The molecule has 1 N–H and O–H groups in total. The van der Waals surface area contributed by atoms with Crippen molar-refractivity contribution in [3.63, 3.8) is 0 Å². The van der Waals surface area contributed by atoms with E-state index in [2.05, 4.69) is 38.0 Å². The Morgan fingerprint density at radius 3 is 2.62 bits per heavy atom. The average Bonchev–Trinajstić information content (AvgIpc) is 2.72. The van der Waals surface area contributed by atoms with E-state index in [0.717, 1.165) is 11.8 Å². The Hall–Kier alpha value is -0.0800. The summed E-state index contributed by atoms with van der Waals surface area (Å²) < 4.78 is 0. The van der Waals surface area contributed by atoms with Crippen LogP contribution in [0.3, 0.4) is 0 Å². The molecule has 0 radical (unpaired) electrons. The highest BCUT2D eigenvalue weighted by Crippen LogP contribution is 2.41. The van der Waals surface area contributed by atoms with Gasteiger partial charge in [-0.2, -0.15) is 0 Å². The van der Waals surface area contributed by atoms with E-state index in [1.165, 1.54) is 38.9 Å². The van der Waals surface area contributed by atoms with Crippen LogP contribution in [0.25, 0.3) is 0 Å². The van der Waals surface area contributed by atoms with Crippen LogP contribution in [-0.2, 0) is 0 Å². The SMILES string of the molecule is CNC1C(CN2CCC(C)C2)CCC1(C)C. The van der Waals surface area contributed by atoms with Gasteiger partial charge in [-0.25, -0.2) is 0 Å². The van der Waals surface area contributed by atoms with Gasteiger partial charge in [0.05, 0.1) is 0 Å². The molecule has 3 unspecified atom stereocenters. The van der Waals surface area contributed by atoms with Crippen LogP contribution in [0, 0.1) is 17.3 Å². The lowest BCUT2D eigenvalue weighted by Crippen LogP contribution is -2.43. The number of likely N-dealkylation sites (tertiary alicyclic amines) is 1. The van der Waals surface area contributed by atoms with Gasteiger partial charge in [-0.1, -0.05) is 20.8 Å². The number of rotatable bonds is 3. The first-order valence-electron chi connectivity index (χ1n) is 6.92. The molecule has 2 heteroatoms. The Labute approximate surface area is 101 Å². The third kappa shape index (κ3) is 2.43. The van der Waals surface area contributed by atoms with Crippen LogP contribution in [0.15, 0.2) is 0 Å². The first-order valence-corrected chi connectivity index (χ1v) is 6.92. The van der Waals surface area contributed by atoms with Gasteiger partial charge in [-0.3, -0.25) is 0 Å². The number of hydrogen-bond acceptors (Lipinski definition) is 2. The summed E-state index contributed by atoms with van der Waals surface area (Å²) in [6.07, 6.45) is 4.19. The minimum Gasteiger partial charge on any atom is -0.316 e. The van der Waals surface area contributed by atoms with E-state index >= 15 is 0 Å². The van der Waals surface area contributed by atoms with Gasteiger partial charge in [-0.05, 0) is 50.1 Å². The highest BCUT2D eigenvalue weighted by molar-refractivity contribution is 4.96. The lowest BCUT2D eigenvalue weighted by Gasteiger charge is -2.32. The Morgan fingerprint density at radius 1 is 1.31 bits per heavy atom. The van der Waals surface area contributed by atoms with E-state index in [0.29, 0.717) is 11.5 Å². The van der Waals surface area contributed by atoms with Crippen LogP contribution in [-0.4, -0.2) is 37.6 Å². The third-order valence-corrected chi connectivity index (χ3v) is 4.78. The second-order valence-electron chi connectivity index (χ2n) is 6.71. The highest BCUT2D eigenvalue weighted by atomic mass is 15.2. The molecule has 2 rings (SSSR count). The minimum atomic E-state index is 0.491. The lowest BCUT2D eigenvalue weighted by atomic mass is 9.85. The molecular formula is C14H28N2. The van der Waals surface area contributed by atoms with E-state index in [1.54, 1.807) is 0 Å². The zero-order valence-corrected chi connectivity index (χ0v) is 11.4. The highest BCUT2D eigenvalue weighted by Gasteiger charge is 2.41. The van der Waals surface area contributed by atoms with Gasteiger partial charge in [0.1, 0.15) is 0 Å². The summed E-state index contributed by atoms with van der Waals surface area (Å²) in [5.74, 6) is 1.78. The zero-order valence-electron chi connectivity index (χ0n) is 11.4. The summed E-state index contributed by atoms with van der Waals surface area (Å²) in [7, 11) is 2.14. The molecule has 1 aliphatic heterocycles. The Balaban J connectivity index is 1.90. The first kappa shape index (κ1) is 12.4. The molecule has 16 heavy (non-hydrogen) atoms. The predicted octanol–water partition coefficient (Wildman–Crippen LogP) is 2.35. The minimum absolute atomic E-state index is 0.491. The summed E-state index contributed by atoms with van der Waals surface area (Å²) >= 11 is 0. The van der Waals surface area contributed by atoms with Gasteiger partial charge < -0.3 is 10.2 Å². The number of nitrogens with zero attached hydrogens (tertiary/aromatic N) is 1. The fourth-order valence-electron chi connectivity index (χ4n) is 3.86. The number of hydrogen-bond donors (Lipinski definition) is 1. The second kappa shape index (κ2) is 4.66. The molecule has 2 nitrogen and oxygen atoms in total. The molecule has 0 amide bonds. The van der Waals surface area contributed by atoms with Crippen LogP contribution in [0.1, 0.15) is 40.0 Å². The van der Waals surface area contributed by atoms with E-state index in [1.807, 2.05) is 0 Å². The fourth-order valence-corrected chi connectivity index (χ4v) is 3.86. The van der Waals surface area contributed by atoms with Crippen molar-refractivity contribution in [2.45, 2.75) is 46.1 Å². The molecule has 1 saturated carbocycles. The zero-order chi connectivity index (χ0) is 11.8. The van der Waals surface area contributed by atoms with Crippen molar-refractivity contribution in [3.8, 4) is 0 Å². The van der Waals surface area contributed by atoms with Gasteiger partial charge in [0.15, 0.2) is 0 Å². The topological polar surface area (TPSA) is 15.3 Å². The van der Waals surface area contributed by atoms with Crippen LogP contribution >= 0.6 is 0 Å². The Bertz CT molecular complexity index is 237. The summed E-state index contributed by atoms with van der Waals surface area (Å²) in [5, 5.41) is 3.56. The summed E-state index contributed by atoms with van der Waals surface area (Å²) in [5.41, 5.74) is 0.491. The molecule has 2 aliphatic rings. The first-order chi connectivity index (χ1) is 7.53. The van der Waals surface area contributed by atoms with E-state index in [-0.39, 0.29) is 0 Å². The molecule has 0 aromatic carbocycles. The third-order valence-electron chi connectivity index (χ3n) is 4.78. The van der Waals surface area contributed by atoms with Crippen molar-refractivity contribution in [2.75, 3.05) is 26.7 Å². The van der Waals surface area contributed by atoms with Crippen LogP contribution in [0.2, 0.25) is 0 Å². The van der Waals surface area contributed by atoms with Crippen molar-refractivity contribution in [2.24, 2.45) is 17.3 Å². The molecule has 0 aromatic rings. The maximum absolute atomic E-state index is 3.56. The van der Waals surface area contributed by atoms with Crippen molar-refractivity contribution in [1.29, 1.82) is 0 Å². The molecule has 0 aromatic heterocycles. The maximum Gasteiger partial charge on any atom is 0.0156 e. The monoisotopic (exact) mass is 224 g/mol. The quantitative estimate of drug-likeness (QED) is 0.791. The summed E-state index contributed by atoms with van der Waals surface area (Å²) in [6.45, 7) is 11.2. The molecule has 2 fully saturated rings. The Morgan fingerprint density at radius 2 is 2.06 bits per heavy atom. The normalized spacial score (nSPS) is 39.4. The molecular weight excluding hydrogens is 196 g/mol. The van der Waals surface area contributed by atoms with Crippen LogP contribution in [0.5, 0.6) is 0 Å². The van der Waals surface area contributed by atoms with Gasteiger partial charge in [-0.15, -0.1) is 0 Å². The lowest BCUT2D eigenvalue weighted by molar-refractivity contribution is 0.208. The largest absolute Gasteiger partial charge is 0.316 e. The molecule has 1 saturated heterocycles. The van der Waals surface area contributed by atoms with Gasteiger partial charge in [0.25, 0.3) is 0 Å². The molecule has 3 atom stereocenters. The standard InChI is InChI=1S/C14H28N2/c1-11-6-8-16(9-11)10-12-5-7-14(2,3)13(12)15-4/h11-13,15H,5-10H2,1-4H3. The van der Waals surface area contributed by atoms with Crippen molar-refractivity contribution in [3.05, 3.63) is 0 Å². The molecule has 1 heterocycles. The van der Waals surface area contributed by atoms with E-state index in [4.69, 9.17) is 0 Å². The van der Waals surface area contributed by atoms with Crippen LogP contribution < -0.4 is 5.32 Å². The molecule has 0 bridgehead atoms. The van der Waals surface area contributed by atoms with Crippen molar-refractivity contribution in [1.82, 2.24) is 10.2 Å². The second-order valence-corrected chi connectivity index (χ2v) is 6.71. The summed E-state index contributed by atoms with van der Waals surface area (Å²) in [6, 6.07) is 0.711. The van der Waals surface area contributed by atoms with Crippen molar-refractivity contribution >= 4 is 0 Å². The van der Waals surface area contributed by atoms with Gasteiger partial charge in [0.2, 0.25) is 0 Å². The molecule has 94 valence electrons. The van der Waals surface area contributed by atoms with Gasteiger partial charge >= 0.3 is 0 Å². The summed E-state index contributed by atoms with van der Waals surface area (Å²) in [4.78, 5) is 2.68. The molecule has 0 spiro atoms. The van der Waals surface area contributed by atoms with Crippen LogP contribution in [0.4, 0.5) is 0 Å². The van der Waals surface area contributed by atoms with Crippen molar-refractivity contribution < 1.29 is 0 Å². The predicted molar refractivity (Wildman–Crippen MR) is 69.6 cm³/mol.